The number of aryl methyl sites for hydroxylation is 1. The molecular formula is C26H27FINO3. The number of nitrogens with zero attached hydrogens (tertiary/aromatic N) is 1. The second-order valence-corrected chi connectivity index (χ2v) is 14.9. The van der Waals surface area contributed by atoms with Crippen LogP contribution >= 0.6 is 19.8 Å². The monoisotopic (exact) mass is 547 g/mol. The van der Waals surface area contributed by atoms with Crippen molar-refractivity contribution in [1.29, 1.82) is 0 Å². The number of carbonyl (C=O) groups excluding carboxylic acids is 1. The molecule has 0 radical (unpaired) electrons. The van der Waals surface area contributed by atoms with Crippen molar-refractivity contribution in [3.05, 3.63) is 82.9 Å². The van der Waals surface area contributed by atoms with E-state index in [1.807, 2.05) is 37.4 Å². The van der Waals surface area contributed by atoms with Crippen molar-refractivity contribution in [3.8, 4) is 11.4 Å². The molecule has 5 rings (SSSR count). The van der Waals surface area contributed by atoms with Gasteiger partial charge in [-0.2, -0.15) is 0 Å². The fourth-order valence-corrected chi connectivity index (χ4v) is 10.7. The van der Waals surface area contributed by atoms with Crippen LogP contribution in [0.2, 0.25) is 0 Å². The Balaban J connectivity index is 1.38. The summed E-state index contributed by atoms with van der Waals surface area (Å²) in [6, 6.07) is 14.4. The molecule has 2 aliphatic heterocycles. The molecule has 32 heavy (non-hydrogen) atoms. The van der Waals surface area contributed by atoms with E-state index in [0.29, 0.717) is 9.54 Å². The molecule has 0 amide bonds. The topological polar surface area (TPSA) is 51.5 Å². The second-order valence-electron chi connectivity index (χ2n) is 9.17. The first-order valence-electron chi connectivity index (χ1n) is 10.8. The minimum atomic E-state index is -1.88. The van der Waals surface area contributed by atoms with Gasteiger partial charge >= 0.3 is 195 Å². The van der Waals surface area contributed by atoms with Gasteiger partial charge in [0.25, 0.3) is 0 Å². The summed E-state index contributed by atoms with van der Waals surface area (Å²) in [5.41, 5.74) is 3.07. The molecule has 1 aromatic heterocycles. The van der Waals surface area contributed by atoms with Crippen LogP contribution in [0.25, 0.3) is 5.69 Å². The molecule has 2 aliphatic rings. The van der Waals surface area contributed by atoms with Gasteiger partial charge in [0.15, 0.2) is 0 Å². The number of benzene rings is 2. The zero-order valence-electron chi connectivity index (χ0n) is 18.5. The van der Waals surface area contributed by atoms with E-state index in [0.717, 1.165) is 49.8 Å². The Bertz CT molecular complexity index is 1200. The van der Waals surface area contributed by atoms with Gasteiger partial charge in [-0.25, -0.2) is 0 Å². The van der Waals surface area contributed by atoms with Gasteiger partial charge in [0.05, 0.1) is 0 Å². The van der Waals surface area contributed by atoms with Gasteiger partial charge in [0.2, 0.25) is 0 Å². The SMILES string of the molecule is Cc1cc(C(=O)I2CCC3(CC2)Oc2cc(F)ccc2-n2cccc23)ccc1C(C)(C)O. The number of fused-ring (bicyclic) bond motifs is 4. The molecule has 0 saturated carbocycles. The molecule has 3 aromatic rings. The molecule has 0 aliphatic carbocycles. The summed E-state index contributed by atoms with van der Waals surface area (Å²) >= 11 is -1.88. The van der Waals surface area contributed by atoms with Crippen LogP contribution in [-0.4, -0.2) is 22.3 Å². The standard InChI is InChI=1S/C26H27FINO3/c1-17-15-18(6-8-20(17)25(2,3)31)24(30)28-12-10-26(11-13-28)23-5-4-14-29(23)21-9-7-19(27)16-22(21)32-26/h4-9,14-16,31H,10-13H2,1-3H3. The van der Waals surface area contributed by atoms with Crippen molar-refractivity contribution in [2.75, 3.05) is 8.86 Å². The molecular weight excluding hydrogens is 520 g/mol. The third-order valence-corrected chi connectivity index (χ3v) is 12.2. The van der Waals surface area contributed by atoms with Gasteiger partial charge in [-0.1, -0.05) is 0 Å². The molecule has 4 nitrogen and oxygen atoms in total. The summed E-state index contributed by atoms with van der Waals surface area (Å²) in [6.07, 6.45) is 3.54. The maximum atomic E-state index is 13.9. The molecule has 1 fully saturated rings. The minimum absolute atomic E-state index is 0.298. The van der Waals surface area contributed by atoms with Crippen molar-refractivity contribution < 1.29 is 19.0 Å². The van der Waals surface area contributed by atoms with E-state index in [4.69, 9.17) is 4.74 Å². The Kier molecular flexibility index (Phi) is 5.21. The number of alkyl halides is 2. The Morgan fingerprint density at radius 3 is 2.59 bits per heavy atom. The molecule has 6 heteroatoms. The Labute approximate surface area is 194 Å². The molecule has 1 saturated heterocycles. The van der Waals surface area contributed by atoms with Crippen molar-refractivity contribution >= 4 is 23.6 Å². The predicted molar refractivity (Wildman–Crippen MR) is 132 cm³/mol. The van der Waals surface area contributed by atoms with Crippen LogP contribution in [-0.2, 0) is 11.2 Å². The molecule has 3 heterocycles. The van der Waals surface area contributed by atoms with Crippen molar-refractivity contribution in [2.24, 2.45) is 0 Å². The fourth-order valence-electron chi connectivity index (χ4n) is 4.90. The number of halogens is 2. The van der Waals surface area contributed by atoms with Crippen LogP contribution in [0.4, 0.5) is 4.39 Å². The number of aliphatic hydroxyl groups is 1. The molecule has 1 N–H and O–H groups in total. The van der Waals surface area contributed by atoms with Crippen LogP contribution in [0.5, 0.6) is 5.75 Å². The van der Waals surface area contributed by atoms with Crippen LogP contribution in [0.15, 0.2) is 54.7 Å². The number of aromatic nitrogens is 1. The summed E-state index contributed by atoms with van der Waals surface area (Å²) in [4.78, 5) is 13.3. The zero-order valence-corrected chi connectivity index (χ0v) is 20.6. The average Bonchev–Trinajstić information content (AvgIpc) is 3.24. The van der Waals surface area contributed by atoms with E-state index >= 15 is 0 Å². The number of hydrogen-bond acceptors (Lipinski definition) is 3. The zero-order chi connectivity index (χ0) is 22.7. The summed E-state index contributed by atoms with van der Waals surface area (Å²) in [7, 11) is 0. The van der Waals surface area contributed by atoms with E-state index in [1.54, 1.807) is 19.9 Å². The van der Waals surface area contributed by atoms with Gasteiger partial charge in [0, 0.05) is 0 Å². The summed E-state index contributed by atoms with van der Waals surface area (Å²) in [5, 5.41) is 10.3. The number of carbonyl (C=O) groups is 1. The van der Waals surface area contributed by atoms with E-state index in [1.165, 1.54) is 12.1 Å². The second kappa shape index (κ2) is 7.70. The van der Waals surface area contributed by atoms with E-state index in [2.05, 4.69) is 10.6 Å². The van der Waals surface area contributed by atoms with Crippen LogP contribution < -0.4 is 4.74 Å². The van der Waals surface area contributed by atoms with Crippen molar-refractivity contribution in [2.45, 2.75) is 44.8 Å². The maximum absolute atomic E-state index is 13.9. The first kappa shape index (κ1) is 21.6. The van der Waals surface area contributed by atoms with E-state index < -0.39 is 31.0 Å². The Hall–Kier alpha value is -2.19. The van der Waals surface area contributed by atoms with Crippen LogP contribution in [0, 0.1) is 12.7 Å². The van der Waals surface area contributed by atoms with Gasteiger partial charge < -0.3 is 0 Å². The Morgan fingerprint density at radius 2 is 1.91 bits per heavy atom. The summed E-state index contributed by atoms with van der Waals surface area (Å²) in [6.45, 7) is 5.47. The van der Waals surface area contributed by atoms with E-state index in [9.17, 15) is 14.3 Å². The third-order valence-electron chi connectivity index (χ3n) is 6.51. The third kappa shape index (κ3) is 3.57. The Morgan fingerprint density at radius 1 is 1.16 bits per heavy atom. The molecule has 1 spiro atoms. The molecule has 0 bridgehead atoms. The molecule has 168 valence electrons. The number of ether oxygens (including phenoxy) is 1. The van der Waals surface area contributed by atoms with Crippen LogP contribution in [0.3, 0.4) is 0 Å². The first-order chi connectivity index (χ1) is 15.2. The number of rotatable bonds is 3. The fraction of sp³-hybridized carbons (Fsp3) is 0.346. The van der Waals surface area contributed by atoms with Gasteiger partial charge in [0.1, 0.15) is 0 Å². The summed E-state index contributed by atoms with van der Waals surface area (Å²) < 4.78 is 24.5. The van der Waals surface area contributed by atoms with Crippen molar-refractivity contribution in [1.82, 2.24) is 4.57 Å². The van der Waals surface area contributed by atoms with Crippen LogP contribution in [0.1, 0.15) is 53.9 Å². The van der Waals surface area contributed by atoms with Gasteiger partial charge in [-0.3, -0.25) is 0 Å². The normalized spacial score (nSPS) is 18.1. The molecule has 2 aromatic carbocycles. The average molecular weight is 547 g/mol. The van der Waals surface area contributed by atoms with Crippen molar-refractivity contribution in [3.63, 3.8) is 0 Å². The van der Waals surface area contributed by atoms with E-state index in [-0.39, 0.29) is 5.82 Å². The first-order valence-corrected chi connectivity index (χ1v) is 15.0. The van der Waals surface area contributed by atoms with Gasteiger partial charge in [-0.05, 0) is 0 Å². The number of hydrogen-bond donors (Lipinski definition) is 1. The van der Waals surface area contributed by atoms with Gasteiger partial charge in [-0.15, -0.1) is 0 Å². The molecule has 0 unspecified atom stereocenters. The predicted octanol–water partition coefficient (Wildman–Crippen LogP) is 5.88. The molecule has 0 atom stereocenters. The summed E-state index contributed by atoms with van der Waals surface area (Å²) in [5.74, 6) is 0.263. The quantitative estimate of drug-likeness (QED) is 0.253.